The fraction of sp³-hybridized carbons (Fsp3) is 0.625. The molecule has 9 heteroatoms. The maximum atomic E-state index is 9.56. The smallest absolute Gasteiger partial charge is 0.119 e. The van der Waals surface area contributed by atoms with Gasteiger partial charge in [0, 0.05) is 31.1 Å². The largest absolute Gasteiger partial charge is 0.492 e. The monoisotopic (exact) mass is 413 g/mol. The Morgan fingerprint density at radius 1 is 0.960 bits per heavy atom. The second kappa shape index (κ2) is 13.9. The van der Waals surface area contributed by atoms with Crippen LogP contribution in [0, 0.1) is 0 Å². The topological polar surface area (TPSA) is 93.4 Å². The highest BCUT2D eigenvalue weighted by molar-refractivity contribution is 7.79. The van der Waals surface area contributed by atoms with E-state index >= 15 is 0 Å². The van der Waals surface area contributed by atoms with Gasteiger partial charge in [0.15, 0.2) is 0 Å². The van der Waals surface area contributed by atoms with Crippen LogP contribution in [0.3, 0.4) is 0 Å². The van der Waals surface area contributed by atoms with Crippen molar-refractivity contribution in [2.24, 2.45) is 0 Å². The molecule has 0 radical (unpaired) electrons. The van der Waals surface area contributed by atoms with E-state index in [4.69, 9.17) is 14.9 Å². The zero-order valence-electron chi connectivity index (χ0n) is 14.0. The van der Waals surface area contributed by atoms with Crippen LogP contribution < -0.4 is 4.74 Å². The number of aliphatic hydroxyl groups is 4. The zero-order valence-corrected chi connectivity index (χ0v) is 16.6. The van der Waals surface area contributed by atoms with Gasteiger partial charge in [-0.15, -0.1) is 12.4 Å². The van der Waals surface area contributed by atoms with Crippen molar-refractivity contribution in [2.45, 2.75) is 23.7 Å². The average molecular weight is 414 g/mol. The number of hydrogen-bond donors (Lipinski definition) is 6. The molecule has 0 amide bonds. The molecule has 0 saturated heterocycles. The lowest BCUT2D eigenvalue weighted by Crippen LogP contribution is -2.42. The van der Waals surface area contributed by atoms with E-state index in [1.54, 1.807) is 4.90 Å². The standard InChI is InChI=1S/C16H27NO5S2.ClH/c18-8-14(20)6-17(7-15(21)9-19)3-4-22-16-2-1-12(10-23)13(5-16)11-24;/h1-2,5,14-15,18-21,23-24H,3-4,6-11H2;1H/t14-,15-;/m0./s1. The normalized spacial score (nSPS) is 13.4. The molecule has 0 unspecified atom stereocenters. The first-order chi connectivity index (χ1) is 11.5. The van der Waals surface area contributed by atoms with E-state index < -0.39 is 12.2 Å². The summed E-state index contributed by atoms with van der Waals surface area (Å²) in [6.45, 7) is 0.460. The van der Waals surface area contributed by atoms with Crippen molar-refractivity contribution in [1.82, 2.24) is 4.90 Å². The van der Waals surface area contributed by atoms with Crippen molar-refractivity contribution >= 4 is 37.7 Å². The molecule has 0 fully saturated rings. The average Bonchev–Trinajstić information content (AvgIpc) is 2.60. The van der Waals surface area contributed by atoms with Crippen molar-refractivity contribution in [3.05, 3.63) is 29.3 Å². The van der Waals surface area contributed by atoms with E-state index in [0.717, 1.165) is 16.9 Å². The number of benzene rings is 1. The van der Waals surface area contributed by atoms with E-state index in [2.05, 4.69) is 25.3 Å². The lowest BCUT2D eigenvalue weighted by molar-refractivity contribution is 0.0193. The molecule has 0 aromatic heterocycles. The van der Waals surface area contributed by atoms with Crippen molar-refractivity contribution in [2.75, 3.05) is 39.5 Å². The molecular weight excluding hydrogens is 386 g/mol. The van der Waals surface area contributed by atoms with E-state index in [-0.39, 0.29) is 38.7 Å². The molecule has 0 aliphatic carbocycles. The Morgan fingerprint density at radius 3 is 2.00 bits per heavy atom. The van der Waals surface area contributed by atoms with E-state index in [1.165, 1.54) is 0 Å². The molecular formula is C16H28ClNO5S2. The Labute approximate surface area is 166 Å². The number of hydrogen-bond acceptors (Lipinski definition) is 8. The highest BCUT2D eigenvalue weighted by Crippen LogP contribution is 2.21. The first kappa shape index (κ1) is 24.8. The number of rotatable bonds is 12. The maximum Gasteiger partial charge on any atom is 0.119 e. The first-order valence-electron chi connectivity index (χ1n) is 7.80. The van der Waals surface area contributed by atoms with Crippen LogP contribution in [-0.4, -0.2) is 77.0 Å². The van der Waals surface area contributed by atoms with Gasteiger partial charge >= 0.3 is 0 Å². The second-order valence-corrected chi connectivity index (χ2v) is 6.16. The molecule has 1 aromatic rings. The van der Waals surface area contributed by atoms with Crippen LogP contribution in [0.1, 0.15) is 11.1 Å². The lowest BCUT2D eigenvalue weighted by Gasteiger charge is -2.26. The molecule has 0 saturated carbocycles. The fourth-order valence-corrected chi connectivity index (χ4v) is 2.86. The fourth-order valence-electron chi connectivity index (χ4n) is 2.25. The van der Waals surface area contributed by atoms with Gasteiger partial charge in [-0.3, -0.25) is 4.90 Å². The minimum Gasteiger partial charge on any atom is -0.492 e. The SMILES string of the molecule is Cl.OC[C@@H](O)CN(CCOc1ccc(CS)c(CS)c1)C[C@H](O)CO. The third kappa shape index (κ3) is 9.35. The summed E-state index contributed by atoms with van der Waals surface area (Å²) >= 11 is 8.58. The molecule has 1 aromatic carbocycles. The van der Waals surface area contributed by atoms with Crippen LogP contribution >= 0.6 is 37.7 Å². The Morgan fingerprint density at radius 2 is 1.52 bits per heavy atom. The van der Waals surface area contributed by atoms with Gasteiger partial charge in [0.25, 0.3) is 0 Å². The Bertz CT molecular complexity index is 472. The van der Waals surface area contributed by atoms with Gasteiger partial charge in [0.2, 0.25) is 0 Å². The number of thiol groups is 2. The van der Waals surface area contributed by atoms with Crippen LogP contribution in [0.5, 0.6) is 5.75 Å². The third-order valence-corrected chi connectivity index (χ3v) is 4.24. The first-order valence-corrected chi connectivity index (χ1v) is 9.07. The number of aliphatic hydroxyl groups excluding tert-OH is 4. The highest BCUT2D eigenvalue weighted by atomic mass is 35.5. The van der Waals surface area contributed by atoms with Crippen LogP contribution in [0.25, 0.3) is 0 Å². The number of ether oxygens (including phenoxy) is 1. The molecule has 0 aliphatic heterocycles. The molecule has 1 rings (SSSR count). The molecule has 0 bridgehead atoms. The van der Waals surface area contributed by atoms with Crippen LogP contribution in [0.2, 0.25) is 0 Å². The van der Waals surface area contributed by atoms with Gasteiger partial charge < -0.3 is 25.2 Å². The van der Waals surface area contributed by atoms with E-state index in [1.807, 2.05) is 18.2 Å². The molecule has 0 heterocycles. The lowest BCUT2D eigenvalue weighted by atomic mass is 10.1. The zero-order chi connectivity index (χ0) is 17.9. The molecule has 146 valence electrons. The maximum absolute atomic E-state index is 9.56. The molecule has 0 aliphatic rings. The van der Waals surface area contributed by atoms with Crippen LogP contribution in [-0.2, 0) is 11.5 Å². The number of nitrogens with zero attached hydrogens (tertiary/aromatic N) is 1. The Kier molecular flexibility index (Phi) is 13.8. The quantitative estimate of drug-likeness (QED) is 0.277. The summed E-state index contributed by atoms with van der Waals surface area (Å²) in [5.74, 6) is 1.96. The molecule has 4 N–H and O–H groups in total. The van der Waals surface area contributed by atoms with Crippen molar-refractivity contribution in [3.63, 3.8) is 0 Å². The summed E-state index contributed by atoms with van der Waals surface area (Å²) in [4.78, 5) is 1.74. The van der Waals surface area contributed by atoms with Gasteiger partial charge in [-0.05, 0) is 23.3 Å². The van der Waals surface area contributed by atoms with Gasteiger partial charge in [0.1, 0.15) is 12.4 Å². The van der Waals surface area contributed by atoms with E-state index in [9.17, 15) is 10.2 Å². The minimum absolute atomic E-state index is 0. The summed E-state index contributed by atoms with van der Waals surface area (Å²) in [6, 6.07) is 5.75. The molecule has 2 atom stereocenters. The second-order valence-electron chi connectivity index (χ2n) is 5.53. The summed E-state index contributed by atoms with van der Waals surface area (Å²) in [7, 11) is 0. The summed E-state index contributed by atoms with van der Waals surface area (Å²) in [5.41, 5.74) is 2.17. The third-order valence-electron chi connectivity index (χ3n) is 3.55. The Hall–Kier alpha value is -0.190. The predicted octanol–water partition coefficient (Wildman–Crippen LogP) is 0.355. The molecule has 6 nitrogen and oxygen atoms in total. The Balaban J connectivity index is 0.00000576. The highest BCUT2D eigenvalue weighted by Gasteiger charge is 2.15. The van der Waals surface area contributed by atoms with Gasteiger partial charge in [-0.1, -0.05) is 6.07 Å². The summed E-state index contributed by atoms with van der Waals surface area (Å²) in [5, 5.41) is 37.0. The minimum atomic E-state index is -0.902. The van der Waals surface area contributed by atoms with Gasteiger partial charge in [0.05, 0.1) is 25.4 Å². The molecule has 25 heavy (non-hydrogen) atoms. The summed E-state index contributed by atoms with van der Waals surface area (Å²) in [6.07, 6.45) is -1.80. The van der Waals surface area contributed by atoms with Gasteiger partial charge in [-0.2, -0.15) is 25.3 Å². The van der Waals surface area contributed by atoms with E-state index in [0.29, 0.717) is 24.7 Å². The van der Waals surface area contributed by atoms with Gasteiger partial charge in [-0.25, -0.2) is 0 Å². The predicted molar refractivity (Wildman–Crippen MR) is 107 cm³/mol. The van der Waals surface area contributed by atoms with Crippen molar-refractivity contribution in [1.29, 1.82) is 0 Å². The van der Waals surface area contributed by atoms with Crippen LogP contribution in [0.15, 0.2) is 18.2 Å². The summed E-state index contributed by atoms with van der Waals surface area (Å²) < 4.78 is 5.72. The van der Waals surface area contributed by atoms with Crippen molar-refractivity contribution in [3.8, 4) is 5.75 Å². The number of halogens is 1. The molecule has 0 spiro atoms. The van der Waals surface area contributed by atoms with Crippen LogP contribution in [0.4, 0.5) is 0 Å². The van der Waals surface area contributed by atoms with Crippen molar-refractivity contribution < 1.29 is 25.2 Å².